The molecule has 1 heterocycles. The Bertz CT molecular complexity index is 777. The molecule has 1 aromatic rings. The number of hydrogen-bond donors (Lipinski definition) is 5. The Hall–Kier alpha value is -2.50. The Kier molecular flexibility index (Phi) is 8.33. The van der Waals surface area contributed by atoms with Gasteiger partial charge in [0, 0.05) is 18.1 Å². The van der Waals surface area contributed by atoms with Crippen LogP contribution in [0.1, 0.15) is 25.8 Å². The zero-order valence-corrected chi connectivity index (χ0v) is 16.5. The number of ketones is 1. The van der Waals surface area contributed by atoms with Crippen molar-refractivity contribution in [3.05, 3.63) is 29.8 Å². The molecule has 166 valence electrons. The zero-order chi connectivity index (χ0) is 22.4. The molecular weight excluding hydrogens is 400 g/mol. The standard InChI is InChI=1S/C20H26O10/c1-10(21)8-11(2)29-20-19(27)18(26)17(25)14(30-20)9-28-15(23)7-6-12-4-3-5-13(22)16(12)24/h3-7,11,14,17-20,22,24-27H,8-9H2,1-2H3/t11-,14+,17-,18+,19+,20-/m1/s1. The number of phenolic OH excluding ortho intramolecular Hbond substituents is 2. The van der Waals surface area contributed by atoms with Gasteiger partial charge in [-0.25, -0.2) is 4.79 Å². The molecule has 0 spiro atoms. The van der Waals surface area contributed by atoms with Crippen LogP contribution >= 0.6 is 0 Å². The smallest absolute Gasteiger partial charge is 0.330 e. The number of aliphatic hydroxyl groups is 3. The van der Waals surface area contributed by atoms with Crippen LogP contribution in [-0.4, -0.2) is 80.7 Å². The van der Waals surface area contributed by atoms with Gasteiger partial charge in [0.25, 0.3) is 0 Å². The molecule has 0 saturated carbocycles. The van der Waals surface area contributed by atoms with E-state index in [9.17, 15) is 35.1 Å². The summed E-state index contributed by atoms with van der Waals surface area (Å²) in [5.74, 6) is -1.72. The Labute approximate surface area is 172 Å². The van der Waals surface area contributed by atoms with Gasteiger partial charge >= 0.3 is 5.97 Å². The molecule has 1 fully saturated rings. The molecule has 10 heteroatoms. The number of aliphatic hydroxyl groups excluding tert-OH is 3. The SMILES string of the molecule is CC(=O)C[C@@H](C)O[C@@H]1O[C@@H](COC(=O)C=Cc2cccc(O)c2O)[C@@H](O)[C@H](O)[C@@H]1O. The van der Waals surface area contributed by atoms with E-state index in [1.54, 1.807) is 6.92 Å². The molecule has 0 aliphatic carbocycles. The van der Waals surface area contributed by atoms with Gasteiger partial charge in [-0.3, -0.25) is 4.79 Å². The van der Waals surface area contributed by atoms with Gasteiger partial charge in [0.1, 0.15) is 36.8 Å². The summed E-state index contributed by atoms with van der Waals surface area (Å²) in [4.78, 5) is 23.1. The predicted octanol–water partition coefficient (Wildman–Crippen LogP) is -0.154. The van der Waals surface area contributed by atoms with Crippen LogP contribution in [0.4, 0.5) is 0 Å². The number of phenols is 2. The molecule has 0 amide bonds. The van der Waals surface area contributed by atoms with Crippen molar-refractivity contribution in [2.45, 2.75) is 57.1 Å². The number of ether oxygens (including phenoxy) is 3. The molecule has 0 radical (unpaired) electrons. The van der Waals surface area contributed by atoms with Crippen LogP contribution in [0.25, 0.3) is 6.08 Å². The first kappa shape index (κ1) is 23.8. The van der Waals surface area contributed by atoms with Crippen molar-refractivity contribution < 1.29 is 49.3 Å². The number of carbonyl (C=O) groups excluding carboxylic acids is 2. The topological polar surface area (TPSA) is 163 Å². The van der Waals surface area contributed by atoms with Gasteiger partial charge in [-0.1, -0.05) is 12.1 Å². The summed E-state index contributed by atoms with van der Waals surface area (Å²) in [7, 11) is 0. The molecule has 6 atom stereocenters. The maximum Gasteiger partial charge on any atom is 0.330 e. The van der Waals surface area contributed by atoms with Crippen molar-refractivity contribution in [2.75, 3.05) is 6.61 Å². The largest absolute Gasteiger partial charge is 0.504 e. The number of para-hydroxylation sites is 1. The summed E-state index contributed by atoms with van der Waals surface area (Å²) in [5, 5.41) is 49.3. The molecule has 0 unspecified atom stereocenters. The molecule has 1 aliphatic rings. The lowest BCUT2D eigenvalue weighted by molar-refractivity contribution is -0.310. The molecule has 30 heavy (non-hydrogen) atoms. The minimum atomic E-state index is -1.61. The van der Waals surface area contributed by atoms with Crippen LogP contribution in [0.5, 0.6) is 11.5 Å². The predicted molar refractivity (Wildman–Crippen MR) is 102 cm³/mol. The third-order valence-corrected chi connectivity index (χ3v) is 4.44. The van der Waals surface area contributed by atoms with Gasteiger partial charge < -0.3 is 39.7 Å². The van der Waals surface area contributed by atoms with Crippen LogP contribution in [0.3, 0.4) is 0 Å². The van der Waals surface area contributed by atoms with Crippen LogP contribution in [-0.2, 0) is 23.8 Å². The fourth-order valence-corrected chi connectivity index (χ4v) is 2.90. The van der Waals surface area contributed by atoms with Crippen LogP contribution in [0.2, 0.25) is 0 Å². The highest BCUT2D eigenvalue weighted by Gasteiger charge is 2.45. The Morgan fingerprint density at radius 1 is 1.17 bits per heavy atom. The summed E-state index contributed by atoms with van der Waals surface area (Å²) in [5.41, 5.74) is 0.187. The number of benzene rings is 1. The lowest BCUT2D eigenvalue weighted by Gasteiger charge is -2.40. The lowest BCUT2D eigenvalue weighted by Crippen LogP contribution is -2.59. The molecule has 5 N–H and O–H groups in total. The van der Waals surface area contributed by atoms with E-state index in [4.69, 9.17) is 14.2 Å². The molecule has 0 bridgehead atoms. The Morgan fingerprint density at radius 3 is 2.53 bits per heavy atom. The summed E-state index contributed by atoms with van der Waals surface area (Å²) in [6.07, 6.45) is -5.56. The first-order valence-corrected chi connectivity index (χ1v) is 9.30. The average molecular weight is 426 g/mol. The van der Waals surface area contributed by atoms with Crippen molar-refractivity contribution in [1.82, 2.24) is 0 Å². The zero-order valence-electron chi connectivity index (χ0n) is 16.5. The third kappa shape index (κ3) is 6.25. The van der Waals surface area contributed by atoms with E-state index in [0.717, 1.165) is 6.08 Å². The molecule has 0 aromatic heterocycles. The lowest BCUT2D eigenvalue weighted by atomic mass is 9.99. The average Bonchev–Trinajstić information content (AvgIpc) is 2.68. The third-order valence-electron chi connectivity index (χ3n) is 4.44. The summed E-state index contributed by atoms with van der Waals surface area (Å²) < 4.78 is 15.8. The summed E-state index contributed by atoms with van der Waals surface area (Å²) in [6, 6.07) is 4.23. The quantitative estimate of drug-likeness (QED) is 0.214. The van der Waals surface area contributed by atoms with E-state index in [1.165, 1.54) is 31.2 Å². The van der Waals surface area contributed by atoms with E-state index in [-0.39, 0.29) is 23.5 Å². The van der Waals surface area contributed by atoms with Gasteiger partial charge in [0.2, 0.25) is 0 Å². The number of rotatable bonds is 8. The molecule has 2 rings (SSSR count). The first-order valence-electron chi connectivity index (χ1n) is 9.30. The van der Waals surface area contributed by atoms with E-state index in [2.05, 4.69) is 0 Å². The maximum atomic E-state index is 11.9. The number of esters is 1. The van der Waals surface area contributed by atoms with Crippen molar-refractivity contribution in [3.63, 3.8) is 0 Å². The number of hydrogen-bond acceptors (Lipinski definition) is 10. The monoisotopic (exact) mass is 426 g/mol. The second-order valence-electron chi connectivity index (χ2n) is 7.05. The highest BCUT2D eigenvalue weighted by molar-refractivity contribution is 5.87. The van der Waals surface area contributed by atoms with Gasteiger partial charge in [0.05, 0.1) is 6.10 Å². The molecule has 1 saturated heterocycles. The van der Waals surface area contributed by atoms with Crippen molar-refractivity contribution in [2.24, 2.45) is 0 Å². The normalized spacial score (nSPS) is 27.7. The molecule has 10 nitrogen and oxygen atoms in total. The van der Waals surface area contributed by atoms with E-state index < -0.39 is 55.1 Å². The molecular formula is C20H26O10. The minimum Gasteiger partial charge on any atom is -0.504 e. The second kappa shape index (κ2) is 10.5. The van der Waals surface area contributed by atoms with Gasteiger partial charge in [-0.2, -0.15) is 0 Å². The number of Topliss-reactive ketones (excluding diaryl/α,β-unsaturated/α-hetero) is 1. The van der Waals surface area contributed by atoms with E-state index in [0.29, 0.717) is 0 Å². The Morgan fingerprint density at radius 2 is 1.87 bits per heavy atom. The van der Waals surface area contributed by atoms with Crippen molar-refractivity contribution in [1.29, 1.82) is 0 Å². The first-order chi connectivity index (χ1) is 14.1. The highest BCUT2D eigenvalue weighted by Crippen LogP contribution is 2.29. The summed E-state index contributed by atoms with van der Waals surface area (Å²) in [6.45, 7) is 2.51. The van der Waals surface area contributed by atoms with Gasteiger partial charge in [-0.15, -0.1) is 0 Å². The second-order valence-corrected chi connectivity index (χ2v) is 7.05. The fraction of sp³-hybridized carbons (Fsp3) is 0.500. The minimum absolute atomic E-state index is 0.0670. The van der Waals surface area contributed by atoms with Crippen molar-refractivity contribution in [3.8, 4) is 11.5 Å². The van der Waals surface area contributed by atoms with E-state index >= 15 is 0 Å². The highest BCUT2D eigenvalue weighted by atomic mass is 16.7. The van der Waals surface area contributed by atoms with Crippen LogP contribution < -0.4 is 0 Å². The van der Waals surface area contributed by atoms with Gasteiger partial charge in [0.15, 0.2) is 17.8 Å². The van der Waals surface area contributed by atoms with Crippen molar-refractivity contribution >= 4 is 17.8 Å². The Balaban J connectivity index is 1.95. The number of aromatic hydroxyl groups is 2. The van der Waals surface area contributed by atoms with E-state index in [1.807, 2.05) is 0 Å². The maximum absolute atomic E-state index is 11.9. The van der Waals surface area contributed by atoms with Crippen LogP contribution in [0.15, 0.2) is 24.3 Å². The van der Waals surface area contributed by atoms with Crippen LogP contribution in [0, 0.1) is 0 Å². The molecule has 1 aromatic carbocycles. The fourth-order valence-electron chi connectivity index (χ4n) is 2.90. The summed E-state index contributed by atoms with van der Waals surface area (Å²) >= 11 is 0. The molecule has 1 aliphatic heterocycles. The number of carbonyl (C=O) groups is 2. The van der Waals surface area contributed by atoms with Gasteiger partial charge in [-0.05, 0) is 26.0 Å².